The van der Waals surface area contributed by atoms with Crippen molar-refractivity contribution in [1.82, 2.24) is 5.32 Å². The molecule has 2 heteroatoms. The number of hydrogen-bond acceptors (Lipinski definition) is 2. The topological polar surface area (TPSA) is 21.3 Å². The van der Waals surface area contributed by atoms with Gasteiger partial charge in [0.05, 0.1) is 6.61 Å². The summed E-state index contributed by atoms with van der Waals surface area (Å²) >= 11 is 0. The first-order chi connectivity index (χ1) is 7.88. The highest BCUT2D eigenvalue weighted by Crippen LogP contribution is 2.19. The molecule has 0 aromatic heterocycles. The van der Waals surface area contributed by atoms with Crippen LogP contribution in [0, 0.1) is 0 Å². The fourth-order valence-corrected chi connectivity index (χ4v) is 1.49. The maximum absolute atomic E-state index is 5.75. The van der Waals surface area contributed by atoms with Crippen LogP contribution in [-0.4, -0.2) is 19.7 Å². The van der Waals surface area contributed by atoms with Crippen LogP contribution in [0.25, 0.3) is 6.08 Å². The molecule has 0 saturated heterocycles. The Morgan fingerprint density at radius 1 is 1.31 bits per heavy atom. The summed E-state index contributed by atoms with van der Waals surface area (Å²) in [4.78, 5) is 0. The lowest BCUT2D eigenvalue weighted by Gasteiger charge is -2.09. The second-order valence-corrected chi connectivity index (χ2v) is 3.59. The maximum atomic E-state index is 5.75. The van der Waals surface area contributed by atoms with E-state index in [1.54, 1.807) is 0 Å². The molecule has 0 aliphatic heterocycles. The molecule has 2 nitrogen and oxygen atoms in total. The molecule has 0 aliphatic carbocycles. The molecule has 0 unspecified atom stereocenters. The third-order valence-electron chi connectivity index (χ3n) is 2.27. The molecule has 0 fully saturated rings. The van der Waals surface area contributed by atoms with E-state index in [-0.39, 0.29) is 0 Å². The highest BCUT2D eigenvalue weighted by Gasteiger charge is 1.98. The van der Waals surface area contributed by atoms with Gasteiger partial charge < -0.3 is 10.1 Å². The highest BCUT2D eigenvalue weighted by atomic mass is 16.5. The molecule has 0 atom stereocenters. The van der Waals surface area contributed by atoms with Crippen LogP contribution in [0.15, 0.2) is 30.3 Å². The zero-order chi connectivity index (χ0) is 11.6. The largest absolute Gasteiger partial charge is 0.493 e. The molecule has 0 aliphatic rings. The summed E-state index contributed by atoms with van der Waals surface area (Å²) in [5.41, 5.74) is 1.15. The minimum absolute atomic E-state index is 0.765. The normalized spacial score (nSPS) is 10.9. The van der Waals surface area contributed by atoms with Crippen molar-refractivity contribution < 1.29 is 4.74 Å². The Morgan fingerprint density at radius 2 is 2.12 bits per heavy atom. The Balaban J connectivity index is 2.40. The average molecular weight is 219 g/mol. The van der Waals surface area contributed by atoms with Crippen LogP contribution in [0.4, 0.5) is 0 Å². The molecular formula is C14H21NO. The van der Waals surface area contributed by atoms with Crippen LogP contribution in [0.5, 0.6) is 5.75 Å². The molecule has 1 rings (SSSR count). The van der Waals surface area contributed by atoms with Crippen molar-refractivity contribution >= 4 is 6.08 Å². The number of benzene rings is 1. The summed E-state index contributed by atoms with van der Waals surface area (Å²) in [6.45, 7) is 6.93. The zero-order valence-corrected chi connectivity index (χ0v) is 10.2. The van der Waals surface area contributed by atoms with Crippen molar-refractivity contribution in [3.63, 3.8) is 0 Å². The summed E-state index contributed by atoms with van der Waals surface area (Å²) in [6.07, 6.45) is 5.14. The van der Waals surface area contributed by atoms with Gasteiger partial charge in [-0.1, -0.05) is 37.3 Å². The predicted molar refractivity (Wildman–Crippen MR) is 69.8 cm³/mol. The van der Waals surface area contributed by atoms with E-state index in [0.717, 1.165) is 37.4 Å². The van der Waals surface area contributed by atoms with E-state index in [0.29, 0.717) is 0 Å². The van der Waals surface area contributed by atoms with Gasteiger partial charge in [-0.05, 0) is 32.5 Å². The predicted octanol–water partition coefficient (Wildman–Crippen LogP) is 3.10. The van der Waals surface area contributed by atoms with Gasteiger partial charge in [0.15, 0.2) is 0 Å². The summed E-state index contributed by atoms with van der Waals surface area (Å²) in [5.74, 6) is 0.970. The van der Waals surface area contributed by atoms with Crippen LogP contribution in [-0.2, 0) is 0 Å². The molecule has 1 aromatic carbocycles. The zero-order valence-electron chi connectivity index (χ0n) is 10.2. The number of rotatable bonds is 7. The molecule has 88 valence electrons. The molecule has 16 heavy (non-hydrogen) atoms. The van der Waals surface area contributed by atoms with Gasteiger partial charge in [0.2, 0.25) is 0 Å². The van der Waals surface area contributed by atoms with E-state index >= 15 is 0 Å². The van der Waals surface area contributed by atoms with Gasteiger partial charge in [-0.15, -0.1) is 0 Å². The van der Waals surface area contributed by atoms with Crippen molar-refractivity contribution in [2.75, 3.05) is 19.7 Å². The van der Waals surface area contributed by atoms with Crippen LogP contribution in [0.1, 0.15) is 25.8 Å². The van der Waals surface area contributed by atoms with Gasteiger partial charge in [-0.25, -0.2) is 0 Å². The minimum Gasteiger partial charge on any atom is -0.493 e. The van der Waals surface area contributed by atoms with Crippen molar-refractivity contribution in [2.24, 2.45) is 0 Å². The molecule has 1 aromatic rings. The lowest BCUT2D eigenvalue weighted by atomic mass is 10.2. The van der Waals surface area contributed by atoms with Gasteiger partial charge in [0, 0.05) is 5.56 Å². The fourth-order valence-electron chi connectivity index (χ4n) is 1.49. The first-order valence-corrected chi connectivity index (χ1v) is 5.93. The van der Waals surface area contributed by atoms with Crippen LogP contribution in [0.3, 0.4) is 0 Å². The van der Waals surface area contributed by atoms with Gasteiger partial charge in [-0.3, -0.25) is 0 Å². The number of ether oxygens (including phenoxy) is 1. The van der Waals surface area contributed by atoms with Gasteiger partial charge in [0.25, 0.3) is 0 Å². The van der Waals surface area contributed by atoms with E-state index in [1.165, 1.54) is 0 Å². The Kier molecular flexibility index (Phi) is 6.35. The highest BCUT2D eigenvalue weighted by molar-refractivity contribution is 5.56. The van der Waals surface area contributed by atoms with Crippen molar-refractivity contribution in [2.45, 2.75) is 20.3 Å². The summed E-state index contributed by atoms with van der Waals surface area (Å²) in [6, 6.07) is 8.12. The summed E-state index contributed by atoms with van der Waals surface area (Å²) in [7, 11) is 0. The molecule has 0 amide bonds. The van der Waals surface area contributed by atoms with E-state index in [2.05, 4.69) is 24.4 Å². The fraction of sp³-hybridized carbons (Fsp3) is 0.429. The smallest absolute Gasteiger partial charge is 0.126 e. The lowest BCUT2D eigenvalue weighted by molar-refractivity contribution is 0.308. The molecule has 0 bridgehead atoms. The van der Waals surface area contributed by atoms with Gasteiger partial charge in [-0.2, -0.15) is 0 Å². The summed E-state index contributed by atoms with van der Waals surface area (Å²) < 4.78 is 5.75. The van der Waals surface area contributed by atoms with Crippen molar-refractivity contribution in [3.05, 3.63) is 35.9 Å². The van der Waals surface area contributed by atoms with Crippen LogP contribution in [0.2, 0.25) is 0 Å². The Morgan fingerprint density at radius 3 is 2.88 bits per heavy atom. The first kappa shape index (κ1) is 12.8. The maximum Gasteiger partial charge on any atom is 0.126 e. The van der Waals surface area contributed by atoms with Crippen molar-refractivity contribution in [3.8, 4) is 5.75 Å². The number of nitrogens with one attached hydrogen (secondary N) is 1. The monoisotopic (exact) mass is 219 g/mol. The Labute approximate surface area is 98.3 Å². The molecule has 0 saturated carbocycles. The number of para-hydroxylation sites is 1. The Bertz CT molecular complexity index is 320. The molecule has 1 N–H and O–H groups in total. The van der Waals surface area contributed by atoms with E-state index in [9.17, 15) is 0 Å². The van der Waals surface area contributed by atoms with Crippen LogP contribution < -0.4 is 10.1 Å². The van der Waals surface area contributed by atoms with Gasteiger partial charge >= 0.3 is 0 Å². The third-order valence-corrected chi connectivity index (χ3v) is 2.27. The standard InChI is InChI=1S/C14H21NO/c1-3-8-13-9-5-6-10-14(13)16-12-7-11-15-4-2/h3,5-6,8-10,15H,4,7,11-12H2,1-2H3. The number of allylic oxidation sites excluding steroid dienone is 1. The second-order valence-electron chi connectivity index (χ2n) is 3.59. The van der Waals surface area contributed by atoms with E-state index < -0.39 is 0 Å². The Hall–Kier alpha value is -1.28. The number of hydrogen-bond donors (Lipinski definition) is 1. The first-order valence-electron chi connectivity index (χ1n) is 5.93. The summed E-state index contributed by atoms with van der Waals surface area (Å²) in [5, 5.41) is 3.28. The van der Waals surface area contributed by atoms with E-state index in [1.807, 2.05) is 31.2 Å². The SMILES string of the molecule is CC=Cc1ccccc1OCCCNCC. The third kappa shape index (κ3) is 4.49. The molecule has 0 heterocycles. The average Bonchev–Trinajstić information content (AvgIpc) is 2.31. The van der Waals surface area contributed by atoms with Gasteiger partial charge in [0.1, 0.15) is 5.75 Å². The molecule has 0 spiro atoms. The second kappa shape index (κ2) is 7.94. The molecular weight excluding hydrogens is 198 g/mol. The quantitative estimate of drug-likeness (QED) is 0.711. The van der Waals surface area contributed by atoms with E-state index in [4.69, 9.17) is 4.74 Å². The lowest BCUT2D eigenvalue weighted by Crippen LogP contribution is -2.16. The van der Waals surface area contributed by atoms with Crippen molar-refractivity contribution in [1.29, 1.82) is 0 Å². The van der Waals surface area contributed by atoms with Crippen LogP contribution >= 0.6 is 0 Å². The minimum atomic E-state index is 0.765. The molecule has 0 radical (unpaired) electrons.